The molecule has 3 N–H and O–H groups in total. The summed E-state index contributed by atoms with van der Waals surface area (Å²) < 4.78 is 26.9. The summed E-state index contributed by atoms with van der Waals surface area (Å²) in [6.45, 7) is 4.34. The maximum atomic E-state index is 13.5. The smallest absolute Gasteiger partial charge is 0.248 e. The summed E-state index contributed by atoms with van der Waals surface area (Å²) in [6.07, 6.45) is 7.02. The number of rotatable bonds is 8. The fraction of sp³-hybridized carbons (Fsp3) is 1.00. The van der Waals surface area contributed by atoms with Crippen molar-refractivity contribution in [2.45, 2.75) is 83.6 Å². The number of nitrogens with two attached hydrogens (primary N) is 1. The largest absolute Gasteiger partial charge is 0.271 e. The third-order valence-electron chi connectivity index (χ3n) is 4.43. The second kappa shape index (κ2) is 8.15. The summed E-state index contributed by atoms with van der Waals surface area (Å²) in [6, 6.07) is 0.193. The number of hydrazine groups is 1. The molecule has 1 rings (SSSR count). The minimum atomic E-state index is -2.45. The van der Waals surface area contributed by atoms with Crippen LogP contribution >= 0.6 is 0 Å². The predicted octanol–water partition coefficient (Wildman–Crippen LogP) is 4.25. The molecule has 0 saturated heterocycles. The van der Waals surface area contributed by atoms with Crippen molar-refractivity contribution in [3.8, 4) is 0 Å². The van der Waals surface area contributed by atoms with E-state index in [9.17, 15) is 8.78 Å². The van der Waals surface area contributed by atoms with Gasteiger partial charge in [-0.2, -0.15) is 0 Å². The highest BCUT2D eigenvalue weighted by molar-refractivity contribution is 4.84. The van der Waals surface area contributed by atoms with Gasteiger partial charge in [-0.3, -0.25) is 11.3 Å². The van der Waals surface area contributed by atoms with Crippen molar-refractivity contribution in [1.82, 2.24) is 5.43 Å². The second-order valence-corrected chi connectivity index (χ2v) is 6.16. The van der Waals surface area contributed by atoms with Crippen molar-refractivity contribution in [3.05, 3.63) is 0 Å². The Morgan fingerprint density at radius 3 is 2.37 bits per heavy atom. The second-order valence-electron chi connectivity index (χ2n) is 6.16. The van der Waals surface area contributed by atoms with Crippen LogP contribution in [0.4, 0.5) is 8.78 Å². The molecule has 0 aromatic heterocycles. The lowest BCUT2D eigenvalue weighted by atomic mass is 9.78. The highest BCUT2D eigenvalue weighted by atomic mass is 19.3. The van der Waals surface area contributed by atoms with Crippen LogP contribution in [0.15, 0.2) is 0 Å². The van der Waals surface area contributed by atoms with Gasteiger partial charge < -0.3 is 0 Å². The molecule has 0 radical (unpaired) electrons. The summed E-state index contributed by atoms with van der Waals surface area (Å²) >= 11 is 0. The van der Waals surface area contributed by atoms with E-state index >= 15 is 0 Å². The van der Waals surface area contributed by atoms with E-state index in [2.05, 4.69) is 19.3 Å². The van der Waals surface area contributed by atoms with Crippen LogP contribution in [0.2, 0.25) is 0 Å². The van der Waals surface area contributed by atoms with E-state index in [1.54, 1.807) is 0 Å². The molecule has 1 fully saturated rings. The van der Waals surface area contributed by atoms with Gasteiger partial charge in [-0.15, -0.1) is 0 Å². The van der Waals surface area contributed by atoms with Gasteiger partial charge in [-0.05, 0) is 43.9 Å². The molecule has 0 aromatic rings. The van der Waals surface area contributed by atoms with Crippen molar-refractivity contribution < 1.29 is 8.78 Å². The molecule has 1 aliphatic rings. The summed E-state index contributed by atoms with van der Waals surface area (Å²) in [4.78, 5) is 0. The molecule has 1 aliphatic carbocycles. The first-order chi connectivity index (χ1) is 9.02. The van der Waals surface area contributed by atoms with Gasteiger partial charge in [0.05, 0.1) is 0 Å². The number of halogens is 2. The Kier molecular flexibility index (Phi) is 7.22. The van der Waals surface area contributed by atoms with Crippen LogP contribution in [0, 0.1) is 11.8 Å². The predicted molar refractivity (Wildman–Crippen MR) is 75.9 cm³/mol. The van der Waals surface area contributed by atoms with E-state index in [-0.39, 0.29) is 24.8 Å². The summed E-state index contributed by atoms with van der Waals surface area (Å²) in [5, 5.41) is 0. The van der Waals surface area contributed by atoms with Crippen molar-refractivity contribution in [1.29, 1.82) is 0 Å². The number of hydrogen-bond acceptors (Lipinski definition) is 2. The average Bonchev–Trinajstić information content (AvgIpc) is 2.34. The minimum Gasteiger partial charge on any atom is -0.271 e. The lowest BCUT2D eigenvalue weighted by molar-refractivity contribution is -0.0557. The van der Waals surface area contributed by atoms with E-state index in [4.69, 9.17) is 5.84 Å². The lowest BCUT2D eigenvalue weighted by Gasteiger charge is -2.34. The molecular formula is C15H30F2N2. The highest BCUT2D eigenvalue weighted by Gasteiger charge is 2.37. The monoisotopic (exact) mass is 276 g/mol. The normalized spacial score (nSPS) is 24.6. The molecule has 2 nitrogen and oxygen atoms in total. The molecule has 0 aromatic carbocycles. The van der Waals surface area contributed by atoms with E-state index in [0.29, 0.717) is 12.3 Å². The molecule has 1 saturated carbocycles. The molecule has 114 valence electrons. The van der Waals surface area contributed by atoms with Crippen molar-refractivity contribution in [2.24, 2.45) is 17.7 Å². The summed E-state index contributed by atoms with van der Waals surface area (Å²) in [5.74, 6) is 3.88. The maximum Gasteiger partial charge on any atom is 0.248 e. The zero-order valence-electron chi connectivity index (χ0n) is 12.4. The van der Waals surface area contributed by atoms with E-state index in [1.165, 1.54) is 0 Å². The molecule has 0 aliphatic heterocycles. The van der Waals surface area contributed by atoms with E-state index in [1.807, 2.05) is 0 Å². The Morgan fingerprint density at radius 2 is 1.89 bits per heavy atom. The lowest BCUT2D eigenvalue weighted by Crippen LogP contribution is -2.43. The first-order valence-corrected chi connectivity index (χ1v) is 7.86. The maximum absolute atomic E-state index is 13.5. The van der Waals surface area contributed by atoms with Crippen LogP contribution in [0.25, 0.3) is 0 Å². The van der Waals surface area contributed by atoms with Crippen LogP contribution < -0.4 is 11.3 Å². The molecule has 4 heteroatoms. The van der Waals surface area contributed by atoms with Crippen LogP contribution in [-0.2, 0) is 0 Å². The van der Waals surface area contributed by atoms with Gasteiger partial charge in [-0.1, -0.05) is 26.7 Å². The van der Waals surface area contributed by atoms with Gasteiger partial charge in [0.1, 0.15) is 0 Å². The standard InChI is InChI=1S/C15H30F2N2/c1-3-6-13(7-4-2)14(19-18)10-12-8-5-9-15(16,17)11-12/h12-14,19H,3-11,18H2,1-2H3. The molecule has 0 bridgehead atoms. The fourth-order valence-corrected chi connectivity index (χ4v) is 3.52. The third kappa shape index (κ3) is 5.74. The Bertz CT molecular complexity index is 240. The highest BCUT2D eigenvalue weighted by Crippen LogP contribution is 2.39. The van der Waals surface area contributed by atoms with Crippen molar-refractivity contribution in [2.75, 3.05) is 0 Å². The topological polar surface area (TPSA) is 38.0 Å². The van der Waals surface area contributed by atoms with Crippen LogP contribution in [0.1, 0.15) is 71.6 Å². The molecule has 0 amide bonds. The zero-order valence-corrected chi connectivity index (χ0v) is 12.4. The minimum absolute atomic E-state index is 0.0517. The van der Waals surface area contributed by atoms with Crippen LogP contribution in [0.5, 0.6) is 0 Å². The summed E-state index contributed by atoms with van der Waals surface area (Å²) in [7, 11) is 0. The molecule has 0 spiro atoms. The third-order valence-corrected chi connectivity index (χ3v) is 4.43. The first kappa shape index (κ1) is 16.8. The van der Waals surface area contributed by atoms with Crippen LogP contribution in [-0.4, -0.2) is 12.0 Å². The Morgan fingerprint density at radius 1 is 1.26 bits per heavy atom. The SMILES string of the molecule is CCCC(CCC)C(CC1CCCC(F)(F)C1)NN. The van der Waals surface area contributed by atoms with E-state index < -0.39 is 5.92 Å². The van der Waals surface area contributed by atoms with Gasteiger partial charge in [0.15, 0.2) is 0 Å². The fourth-order valence-electron chi connectivity index (χ4n) is 3.52. The van der Waals surface area contributed by atoms with Gasteiger partial charge in [0, 0.05) is 18.9 Å². The molecule has 2 atom stereocenters. The molecule has 19 heavy (non-hydrogen) atoms. The van der Waals surface area contributed by atoms with Gasteiger partial charge in [0.2, 0.25) is 5.92 Å². The van der Waals surface area contributed by atoms with Gasteiger partial charge >= 0.3 is 0 Å². The zero-order chi connectivity index (χ0) is 14.3. The Labute approximate surface area is 116 Å². The Balaban J connectivity index is 2.53. The first-order valence-electron chi connectivity index (χ1n) is 7.86. The summed E-state index contributed by atoms with van der Waals surface area (Å²) in [5.41, 5.74) is 2.90. The average molecular weight is 276 g/mol. The Hall–Kier alpha value is -0.220. The number of nitrogens with one attached hydrogen (secondary N) is 1. The van der Waals surface area contributed by atoms with Crippen molar-refractivity contribution >= 4 is 0 Å². The number of alkyl halides is 2. The quantitative estimate of drug-likeness (QED) is 0.514. The molecule has 0 heterocycles. The van der Waals surface area contributed by atoms with Crippen molar-refractivity contribution in [3.63, 3.8) is 0 Å². The molecular weight excluding hydrogens is 246 g/mol. The van der Waals surface area contributed by atoms with E-state index in [0.717, 1.165) is 38.5 Å². The van der Waals surface area contributed by atoms with Gasteiger partial charge in [-0.25, -0.2) is 8.78 Å². The van der Waals surface area contributed by atoms with Crippen LogP contribution in [0.3, 0.4) is 0 Å². The number of hydrogen-bond donors (Lipinski definition) is 2. The molecule has 2 unspecified atom stereocenters. The van der Waals surface area contributed by atoms with Gasteiger partial charge in [0.25, 0.3) is 0 Å².